The number of benzene rings is 2. The summed E-state index contributed by atoms with van der Waals surface area (Å²) >= 11 is 0. The van der Waals surface area contributed by atoms with Gasteiger partial charge in [-0.05, 0) is 55.4 Å². The van der Waals surface area contributed by atoms with Crippen molar-refractivity contribution in [2.24, 2.45) is 0 Å². The molecule has 186 valence electrons. The van der Waals surface area contributed by atoms with Gasteiger partial charge in [0.15, 0.2) is 0 Å². The zero-order valence-electron chi connectivity index (χ0n) is 20.7. The van der Waals surface area contributed by atoms with Crippen LogP contribution in [0.3, 0.4) is 0 Å². The van der Waals surface area contributed by atoms with E-state index in [1.165, 1.54) is 0 Å². The molecule has 0 saturated carbocycles. The molecule has 4 rings (SSSR count). The molecule has 2 aromatic carbocycles. The number of aromatic nitrogens is 2. The average molecular weight is 486 g/mol. The molecule has 2 aromatic heterocycles. The molecule has 1 atom stereocenters. The number of hydrogen-bond donors (Lipinski definition) is 3. The number of carbonyl (C=O) groups excluding carboxylic acids is 2. The van der Waals surface area contributed by atoms with E-state index >= 15 is 0 Å². The number of fused-ring (bicyclic) bond motifs is 1. The molecule has 0 fully saturated rings. The third-order valence-electron chi connectivity index (χ3n) is 6.00. The van der Waals surface area contributed by atoms with Crippen molar-refractivity contribution in [2.45, 2.75) is 12.8 Å². The van der Waals surface area contributed by atoms with Gasteiger partial charge in [-0.3, -0.25) is 14.5 Å². The Labute approximate surface area is 210 Å². The van der Waals surface area contributed by atoms with Crippen LogP contribution in [0, 0.1) is 6.92 Å². The van der Waals surface area contributed by atoms with Gasteiger partial charge in [0, 0.05) is 35.3 Å². The first-order valence-corrected chi connectivity index (χ1v) is 11.8. The van der Waals surface area contributed by atoms with E-state index in [-0.39, 0.29) is 30.8 Å². The largest absolute Gasteiger partial charge is 0.497 e. The molecule has 0 bridgehead atoms. The van der Waals surface area contributed by atoms with Crippen molar-refractivity contribution in [1.29, 1.82) is 0 Å². The summed E-state index contributed by atoms with van der Waals surface area (Å²) in [6.45, 7) is 2.45. The minimum absolute atomic E-state index is 0.0583. The fraction of sp³-hybridized carbons (Fsp3) is 0.250. The van der Waals surface area contributed by atoms with Crippen LogP contribution in [0.1, 0.15) is 22.7 Å². The summed E-state index contributed by atoms with van der Waals surface area (Å²) in [5, 5.41) is 6.94. The molecule has 4 aromatic rings. The Morgan fingerprint density at radius 3 is 2.50 bits per heavy atom. The lowest BCUT2D eigenvalue weighted by Gasteiger charge is -2.20. The molecule has 2 amide bonds. The highest BCUT2D eigenvalue weighted by Crippen LogP contribution is 2.31. The van der Waals surface area contributed by atoms with Gasteiger partial charge in [0.1, 0.15) is 11.6 Å². The van der Waals surface area contributed by atoms with Crippen LogP contribution in [0.25, 0.3) is 10.9 Å². The minimum atomic E-state index is -0.224. The van der Waals surface area contributed by atoms with Gasteiger partial charge in [0.2, 0.25) is 11.8 Å². The van der Waals surface area contributed by atoms with Gasteiger partial charge in [-0.15, -0.1) is 0 Å². The number of carbonyl (C=O) groups is 2. The van der Waals surface area contributed by atoms with Gasteiger partial charge in [-0.2, -0.15) is 0 Å². The van der Waals surface area contributed by atoms with Gasteiger partial charge in [0.05, 0.1) is 20.2 Å². The lowest BCUT2D eigenvalue weighted by Crippen LogP contribution is -2.40. The highest BCUT2D eigenvalue weighted by Gasteiger charge is 2.20. The van der Waals surface area contributed by atoms with Crippen molar-refractivity contribution in [3.8, 4) is 5.75 Å². The number of ether oxygens (including phenoxy) is 1. The fourth-order valence-corrected chi connectivity index (χ4v) is 4.24. The average Bonchev–Trinajstić information content (AvgIpc) is 3.28. The third-order valence-corrected chi connectivity index (χ3v) is 6.00. The molecule has 2 heterocycles. The van der Waals surface area contributed by atoms with E-state index < -0.39 is 0 Å². The van der Waals surface area contributed by atoms with Crippen LogP contribution in [0.5, 0.6) is 5.75 Å². The molecule has 8 nitrogen and oxygen atoms in total. The monoisotopic (exact) mass is 485 g/mol. The van der Waals surface area contributed by atoms with E-state index in [0.717, 1.165) is 33.5 Å². The van der Waals surface area contributed by atoms with Gasteiger partial charge in [-0.25, -0.2) is 4.98 Å². The number of aryl methyl sites for hydroxylation is 1. The zero-order valence-corrected chi connectivity index (χ0v) is 20.7. The smallest absolute Gasteiger partial charge is 0.239 e. The van der Waals surface area contributed by atoms with Crippen LogP contribution in [0.15, 0.2) is 72.9 Å². The fourth-order valence-electron chi connectivity index (χ4n) is 4.24. The first-order valence-electron chi connectivity index (χ1n) is 11.8. The summed E-state index contributed by atoms with van der Waals surface area (Å²) in [5.74, 6) is 0.841. The molecule has 3 N–H and O–H groups in total. The van der Waals surface area contributed by atoms with Crippen molar-refractivity contribution in [3.63, 3.8) is 0 Å². The number of para-hydroxylation sites is 1. The highest BCUT2D eigenvalue weighted by atomic mass is 16.5. The maximum Gasteiger partial charge on any atom is 0.239 e. The molecule has 0 aliphatic rings. The summed E-state index contributed by atoms with van der Waals surface area (Å²) in [7, 11) is 3.38. The van der Waals surface area contributed by atoms with Crippen LogP contribution < -0.4 is 15.4 Å². The lowest BCUT2D eigenvalue weighted by atomic mass is 9.90. The van der Waals surface area contributed by atoms with E-state index in [1.807, 2.05) is 67.7 Å². The zero-order chi connectivity index (χ0) is 25.5. The van der Waals surface area contributed by atoms with Crippen LogP contribution in [0.2, 0.25) is 0 Å². The molecule has 1 unspecified atom stereocenters. The molecule has 0 spiro atoms. The van der Waals surface area contributed by atoms with Crippen molar-refractivity contribution >= 4 is 28.5 Å². The van der Waals surface area contributed by atoms with E-state index in [1.54, 1.807) is 25.1 Å². The number of likely N-dealkylation sites (N-methyl/N-ethyl adjacent to an activating group) is 1. The number of pyridine rings is 1. The normalized spacial score (nSPS) is 11.9. The number of H-pyrrole nitrogens is 1. The second kappa shape index (κ2) is 11.5. The number of anilines is 1. The Morgan fingerprint density at radius 1 is 1.00 bits per heavy atom. The Balaban J connectivity index is 1.40. The number of hydrogen-bond acceptors (Lipinski definition) is 5. The number of amides is 2. The molecule has 0 aliphatic heterocycles. The van der Waals surface area contributed by atoms with Crippen molar-refractivity contribution < 1.29 is 14.3 Å². The second-order valence-corrected chi connectivity index (χ2v) is 8.80. The number of aromatic amines is 1. The number of rotatable bonds is 10. The molecule has 8 heteroatoms. The van der Waals surface area contributed by atoms with Gasteiger partial charge < -0.3 is 20.4 Å². The summed E-state index contributed by atoms with van der Waals surface area (Å²) in [4.78, 5) is 34.4. The van der Waals surface area contributed by atoms with Gasteiger partial charge in [0.25, 0.3) is 0 Å². The summed E-state index contributed by atoms with van der Waals surface area (Å²) in [5.41, 5.74) is 4.04. The highest BCUT2D eigenvalue weighted by molar-refractivity contribution is 5.91. The minimum Gasteiger partial charge on any atom is -0.497 e. The SMILES string of the molecule is COc1ccc(C(CNC(=O)CN(C)CC(=O)Nc2cccc(C)n2)c2c[nH]c3ccccc23)cc1. The van der Waals surface area contributed by atoms with Gasteiger partial charge >= 0.3 is 0 Å². The van der Waals surface area contributed by atoms with Crippen LogP contribution in [0.4, 0.5) is 5.82 Å². The molecular weight excluding hydrogens is 454 g/mol. The molecule has 0 saturated heterocycles. The van der Waals surface area contributed by atoms with E-state index in [0.29, 0.717) is 12.4 Å². The standard InChI is InChI=1S/C28H31N5O3/c1-19-7-6-10-26(31-19)32-28(35)18-33(2)17-27(34)30-15-23(20-11-13-21(36-3)14-12-20)24-16-29-25-9-5-4-8-22(24)25/h4-14,16,23,29H,15,17-18H2,1-3H3,(H,30,34)(H,31,32,35). The molecule has 0 aliphatic carbocycles. The molecule has 36 heavy (non-hydrogen) atoms. The Hall–Kier alpha value is -4.17. The molecule has 0 radical (unpaired) electrons. The summed E-state index contributed by atoms with van der Waals surface area (Å²) < 4.78 is 5.31. The van der Waals surface area contributed by atoms with Crippen molar-refractivity contribution in [2.75, 3.05) is 39.1 Å². The quantitative estimate of drug-likeness (QED) is 0.318. The summed E-state index contributed by atoms with van der Waals surface area (Å²) in [6.07, 6.45) is 2.00. The first kappa shape index (κ1) is 24.9. The second-order valence-electron chi connectivity index (χ2n) is 8.80. The number of nitrogens with zero attached hydrogens (tertiary/aromatic N) is 2. The topological polar surface area (TPSA) is 99.3 Å². The maximum atomic E-state index is 12.8. The Bertz CT molecular complexity index is 1330. The lowest BCUT2D eigenvalue weighted by molar-refractivity contribution is -0.123. The van der Waals surface area contributed by atoms with Crippen LogP contribution >= 0.6 is 0 Å². The number of nitrogens with one attached hydrogen (secondary N) is 3. The van der Waals surface area contributed by atoms with E-state index in [2.05, 4.69) is 26.7 Å². The van der Waals surface area contributed by atoms with Crippen LogP contribution in [-0.4, -0.2) is 60.5 Å². The third kappa shape index (κ3) is 6.28. The van der Waals surface area contributed by atoms with E-state index in [4.69, 9.17) is 4.74 Å². The van der Waals surface area contributed by atoms with Crippen LogP contribution in [-0.2, 0) is 9.59 Å². The predicted molar refractivity (Wildman–Crippen MR) is 141 cm³/mol. The van der Waals surface area contributed by atoms with Crippen molar-refractivity contribution in [1.82, 2.24) is 20.2 Å². The Morgan fingerprint density at radius 2 is 1.75 bits per heavy atom. The Kier molecular flexibility index (Phi) is 7.97. The van der Waals surface area contributed by atoms with E-state index in [9.17, 15) is 9.59 Å². The number of methoxy groups -OCH3 is 1. The molecular formula is C28H31N5O3. The predicted octanol–water partition coefficient (Wildman–Crippen LogP) is 3.70. The first-order chi connectivity index (χ1) is 17.4. The van der Waals surface area contributed by atoms with Crippen molar-refractivity contribution in [3.05, 3.63) is 89.7 Å². The van der Waals surface area contributed by atoms with Gasteiger partial charge in [-0.1, -0.05) is 36.4 Å². The summed E-state index contributed by atoms with van der Waals surface area (Å²) in [6, 6.07) is 21.4. The maximum absolute atomic E-state index is 12.8.